The van der Waals surface area contributed by atoms with Crippen molar-refractivity contribution >= 4 is 17.4 Å². The van der Waals surface area contributed by atoms with Gasteiger partial charge in [-0.3, -0.25) is 14.8 Å². The Hall–Kier alpha value is -1.27. The largest absolute Gasteiger partial charge is 0.395 e. The first-order chi connectivity index (χ1) is 6.15. The summed E-state index contributed by atoms with van der Waals surface area (Å²) >= 11 is 5.54. The molecule has 6 nitrogen and oxygen atoms in total. The predicted molar refractivity (Wildman–Crippen MR) is 48.3 cm³/mol. The van der Waals surface area contributed by atoms with Crippen molar-refractivity contribution in [1.82, 2.24) is 9.97 Å². The van der Waals surface area contributed by atoms with Crippen molar-refractivity contribution in [2.45, 2.75) is 0 Å². The van der Waals surface area contributed by atoms with Crippen molar-refractivity contribution in [2.75, 3.05) is 18.5 Å². The molecular weight excluding hydrogens is 198 g/mol. The number of aliphatic hydroxyl groups is 1. The molecule has 0 saturated carbocycles. The molecule has 0 saturated heterocycles. The van der Waals surface area contributed by atoms with E-state index in [2.05, 4.69) is 10.3 Å². The molecule has 1 rings (SSSR count). The number of aromatic amines is 2. The summed E-state index contributed by atoms with van der Waals surface area (Å²) in [4.78, 5) is 25.9. The van der Waals surface area contributed by atoms with Crippen LogP contribution in [-0.2, 0) is 0 Å². The third kappa shape index (κ3) is 2.33. The van der Waals surface area contributed by atoms with E-state index in [9.17, 15) is 9.59 Å². The number of aliphatic hydroxyl groups excluding tert-OH is 1. The van der Waals surface area contributed by atoms with Crippen LogP contribution in [0.15, 0.2) is 9.59 Å². The van der Waals surface area contributed by atoms with E-state index >= 15 is 0 Å². The molecule has 1 heterocycles. The lowest BCUT2D eigenvalue weighted by Crippen LogP contribution is -2.25. The third-order valence-corrected chi connectivity index (χ3v) is 1.66. The minimum atomic E-state index is -0.661. The number of rotatable bonds is 3. The predicted octanol–water partition coefficient (Wildman–Crippen LogP) is -0.879. The van der Waals surface area contributed by atoms with Gasteiger partial charge < -0.3 is 10.4 Å². The number of hydrogen-bond acceptors (Lipinski definition) is 4. The van der Waals surface area contributed by atoms with Gasteiger partial charge in [0.2, 0.25) is 0 Å². The zero-order chi connectivity index (χ0) is 9.84. The molecule has 72 valence electrons. The monoisotopic (exact) mass is 205 g/mol. The second kappa shape index (κ2) is 4.11. The molecule has 0 spiro atoms. The van der Waals surface area contributed by atoms with Crippen LogP contribution in [0.5, 0.6) is 0 Å². The fraction of sp³-hybridized carbons (Fsp3) is 0.333. The molecule has 13 heavy (non-hydrogen) atoms. The third-order valence-electron chi connectivity index (χ3n) is 1.30. The van der Waals surface area contributed by atoms with E-state index in [1.807, 2.05) is 4.98 Å². The first-order valence-corrected chi connectivity index (χ1v) is 3.89. The highest BCUT2D eigenvalue weighted by molar-refractivity contribution is 6.32. The Morgan fingerprint density at radius 3 is 2.69 bits per heavy atom. The fourth-order valence-corrected chi connectivity index (χ4v) is 0.935. The van der Waals surface area contributed by atoms with E-state index in [-0.39, 0.29) is 24.0 Å². The van der Waals surface area contributed by atoms with Gasteiger partial charge in [-0.05, 0) is 0 Å². The standard InChI is InChI=1S/C6H8ClN3O3/c7-3-4(8-1-2-11)9-6(13)10-5(3)12/h11H,1-2H2,(H3,8,9,10,12,13). The van der Waals surface area contributed by atoms with E-state index in [1.165, 1.54) is 0 Å². The van der Waals surface area contributed by atoms with Gasteiger partial charge in [0.25, 0.3) is 5.56 Å². The summed E-state index contributed by atoms with van der Waals surface area (Å²) in [5, 5.41) is 10.9. The summed E-state index contributed by atoms with van der Waals surface area (Å²) in [6.45, 7) is 0.0876. The quantitative estimate of drug-likeness (QED) is 0.515. The van der Waals surface area contributed by atoms with Crippen molar-refractivity contribution in [3.63, 3.8) is 0 Å². The molecule has 0 aliphatic rings. The Morgan fingerprint density at radius 1 is 1.38 bits per heavy atom. The Kier molecular flexibility index (Phi) is 3.10. The van der Waals surface area contributed by atoms with Crippen molar-refractivity contribution in [3.8, 4) is 0 Å². The summed E-state index contributed by atoms with van der Waals surface area (Å²) in [7, 11) is 0. The second-order valence-electron chi connectivity index (χ2n) is 2.25. The summed E-state index contributed by atoms with van der Waals surface area (Å²) in [6.07, 6.45) is 0. The van der Waals surface area contributed by atoms with Crippen LogP contribution in [0, 0.1) is 0 Å². The lowest BCUT2D eigenvalue weighted by molar-refractivity contribution is 0.311. The van der Waals surface area contributed by atoms with Crippen LogP contribution in [-0.4, -0.2) is 28.2 Å². The molecule has 0 aliphatic heterocycles. The molecule has 0 aromatic carbocycles. The number of H-pyrrole nitrogens is 2. The Labute approximate surface area is 77.6 Å². The molecule has 0 radical (unpaired) electrons. The highest BCUT2D eigenvalue weighted by Gasteiger charge is 2.04. The molecule has 1 aromatic heterocycles. The van der Waals surface area contributed by atoms with E-state index in [0.29, 0.717) is 0 Å². The Bertz CT molecular complexity index is 397. The van der Waals surface area contributed by atoms with Crippen molar-refractivity contribution in [1.29, 1.82) is 0 Å². The summed E-state index contributed by atoms with van der Waals surface area (Å²) in [5.41, 5.74) is -1.30. The first kappa shape index (κ1) is 9.82. The van der Waals surface area contributed by atoms with E-state index in [1.54, 1.807) is 0 Å². The van der Waals surface area contributed by atoms with Gasteiger partial charge in [0.05, 0.1) is 6.61 Å². The minimum Gasteiger partial charge on any atom is -0.395 e. The normalized spacial score (nSPS) is 10.0. The molecular formula is C6H8ClN3O3. The minimum absolute atomic E-state index is 0.115. The molecule has 7 heteroatoms. The number of nitrogens with one attached hydrogen (secondary N) is 3. The van der Waals surface area contributed by atoms with E-state index < -0.39 is 11.2 Å². The maximum absolute atomic E-state index is 10.9. The number of aromatic nitrogens is 2. The average Bonchev–Trinajstić information content (AvgIpc) is 2.09. The maximum Gasteiger partial charge on any atom is 0.327 e. The van der Waals surface area contributed by atoms with Gasteiger partial charge >= 0.3 is 5.69 Å². The first-order valence-electron chi connectivity index (χ1n) is 3.52. The zero-order valence-electron chi connectivity index (χ0n) is 6.56. The summed E-state index contributed by atoms with van der Waals surface area (Å²) < 4.78 is 0. The van der Waals surface area contributed by atoms with Gasteiger partial charge in [0.1, 0.15) is 10.8 Å². The molecule has 0 aliphatic carbocycles. The van der Waals surface area contributed by atoms with E-state index in [4.69, 9.17) is 16.7 Å². The number of anilines is 1. The van der Waals surface area contributed by atoms with Crippen molar-refractivity contribution in [2.24, 2.45) is 0 Å². The Morgan fingerprint density at radius 2 is 2.08 bits per heavy atom. The van der Waals surface area contributed by atoms with Crippen LogP contribution in [0.2, 0.25) is 5.02 Å². The van der Waals surface area contributed by atoms with Gasteiger partial charge in [-0.15, -0.1) is 0 Å². The molecule has 0 amide bonds. The highest BCUT2D eigenvalue weighted by Crippen LogP contribution is 2.09. The van der Waals surface area contributed by atoms with Gasteiger partial charge in [-0.25, -0.2) is 4.79 Å². The van der Waals surface area contributed by atoms with Crippen molar-refractivity contribution in [3.05, 3.63) is 25.9 Å². The zero-order valence-corrected chi connectivity index (χ0v) is 7.31. The van der Waals surface area contributed by atoms with Gasteiger partial charge in [0, 0.05) is 6.54 Å². The summed E-state index contributed by atoms with van der Waals surface area (Å²) in [5.74, 6) is 0.115. The highest BCUT2D eigenvalue weighted by atomic mass is 35.5. The second-order valence-corrected chi connectivity index (χ2v) is 2.63. The topological polar surface area (TPSA) is 98.0 Å². The van der Waals surface area contributed by atoms with Crippen molar-refractivity contribution < 1.29 is 5.11 Å². The van der Waals surface area contributed by atoms with Gasteiger partial charge in [-0.1, -0.05) is 11.6 Å². The van der Waals surface area contributed by atoms with Crippen LogP contribution >= 0.6 is 11.6 Å². The molecule has 0 unspecified atom stereocenters. The number of hydrogen-bond donors (Lipinski definition) is 4. The summed E-state index contributed by atoms with van der Waals surface area (Å²) in [6, 6.07) is 0. The molecule has 4 N–H and O–H groups in total. The SMILES string of the molecule is O=c1[nH]c(NCCO)c(Cl)c(=O)[nH]1. The Balaban J connectivity index is 3.06. The van der Waals surface area contributed by atoms with Crippen LogP contribution in [0.25, 0.3) is 0 Å². The lowest BCUT2D eigenvalue weighted by Gasteiger charge is -2.03. The van der Waals surface area contributed by atoms with Crippen LogP contribution < -0.4 is 16.6 Å². The molecule has 0 atom stereocenters. The maximum atomic E-state index is 10.9. The average molecular weight is 206 g/mol. The van der Waals surface area contributed by atoms with E-state index in [0.717, 1.165) is 0 Å². The molecule has 1 aromatic rings. The fourth-order valence-electron chi connectivity index (χ4n) is 0.774. The van der Waals surface area contributed by atoms with Crippen LogP contribution in [0.1, 0.15) is 0 Å². The lowest BCUT2D eigenvalue weighted by atomic mass is 10.5. The molecule has 0 bridgehead atoms. The van der Waals surface area contributed by atoms with Crippen LogP contribution in [0.4, 0.5) is 5.82 Å². The van der Waals surface area contributed by atoms with Crippen LogP contribution in [0.3, 0.4) is 0 Å². The number of halogens is 1. The molecule has 0 fully saturated rings. The smallest absolute Gasteiger partial charge is 0.327 e. The van der Waals surface area contributed by atoms with Gasteiger partial charge in [0.15, 0.2) is 0 Å². The van der Waals surface area contributed by atoms with Gasteiger partial charge in [-0.2, -0.15) is 0 Å².